The number of hydrogen-bond acceptors (Lipinski definition) is 5. The monoisotopic (exact) mass is 285 g/mol. The number of nitrogens with zero attached hydrogens (tertiary/aromatic N) is 3. The predicted molar refractivity (Wildman–Crippen MR) is 79.5 cm³/mol. The van der Waals surface area contributed by atoms with Gasteiger partial charge in [-0.1, -0.05) is 48.6 Å². The van der Waals surface area contributed by atoms with Crippen LogP contribution in [0.25, 0.3) is 10.6 Å². The molecule has 2 heterocycles. The van der Waals surface area contributed by atoms with Gasteiger partial charge < -0.3 is 5.32 Å². The first-order valence-corrected chi connectivity index (χ1v) is 7.31. The molecule has 5 nitrogen and oxygen atoms in total. The average molecular weight is 285 g/mol. The van der Waals surface area contributed by atoms with E-state index < -0.39 is 0 Å². The lowest BCUT2D eigenvalue weighted by Gasteiger charge is -2.14. The van der Waals surface area contributed by atoms with Crippen molar-refractivity contribution in [3.8, 4) is 10.6 Å². The average Bonchev–Trinajstić information content (AvgIpc) is 3.16. The van der Waals surface area contributed by atoms with Crippen molar-refractivity contribution in [1.29, 1.82) is 0 Å². The van der Waals surface area contributed by atoms with Crippen molar-refractivity contribution in [3.63, 3.8) is 0 Å². The summed E-state index contributed by atoms with van der Waals surface area (Å²) in [5, 5.41) is 20.6. The Labute approximate surface area is 121 Å². The van der Waals surface area contributed by atoms with Crippen LogP contribution in [0.4, 0.5) is 0 Å². The standard InChI is InChI=1S/C14H15N5S/c1-2-15-12(10-6-4-3-5-7-10)14-19-18-13(20-14)11-8-16-17-9-11/h3-9,12,15H,2H2,1H3,(H,16,17). The van der Waals surface area contributed by atoms with Crippen LogP contribution in [0.2, 0.25) is 0 Å². The molecular weight excluding hydrogens is 270 g/mol. The molecule has 0 saturated carbocycles. The second kappa shape index (κ2) is 5.94. The van der Waals surface area contributed by atoms with E-state index in [1.54, 1.807) is 17.5 Å². The van der Waals surface area contributed by atoms with Gasteiger partial charge in [0, 0.05) is 6.20 Å². The Morgan fingerprint density at radius 3 is 2.80 bits per heavy atom. The molecule has 2 aromatic heterocycles. The lowest BCUT2D eigenvalue weighted by Crippen LogP contribution is -2.21. The van der Waals surface area contributed by atoms with Crippen LogP contribution in [0, 0.1) is 0 Å². The summed E-state index contributed by atoms with van der Waals surface area (Å²) >= 11 is 1.59. The molecule has 0 amide bonds. The zero-order chi connectivity index (χ0) is 13.8. The number of aromatic amines is 1. The molecule has 1 aromatic carbocycles. The highest BCUT2D eigenvalue weighted by Crippen LogP contribution is 2.29. The summed E-state index contributed by atoms with van der Waals surface area (Å²) < 4.78 is 0. The maximum atomic E-state index is 4.33. The van der Waals surface area contributed by atoms with Crippen LogP contribution in [0.15, 0.2) is 42.7 Å². The molecule has 102 valence electrons. The van der Waals surface area contributed by atoms with Gasteiger partial charge in [-0.25, -0.2) is 0 Å². The fourth-order valence-electron chi connectivity index (χ4n) is 2.03. The zero-order valence-corrected chi connectivity index (χ0v) is 11.9. The molecule has 0 saturated heterocycles. The molecule has 1 atom stereocenters. The van der Waals surface area contributed by atoms with Crippen LogP contribution in [-0.2, 0) is 0 Å². The van der Waals surface area contributed by atoms with Gasteiger partial charge in [-0.2, -0.15) is 5.10 Å². The Morgan fingerprint density at radius 1 is 1.25 bits per heavy atom. The minimum atomic E-state index is 0.0827. The molecule has 6 heteroatoms. The molecule has 2 N–H and O–H groups in total. The van der Waals surface area contributed by atoms with E-state index in [9.17, 15) is 0 Å². The second-order valence-corrected chi connectivity index (χ2v) is 5.34. The highest BCUT2D eigenvalue weighted by atomic mass is 32.1. The van der Waals surface area contributed by atoms with Gasteiger partial charge in [-0.05, 0) is 12.1 Å². The van der Waals surface area contributed by atoms with Crippen LogP contribution >= 0.6 is 11.3 Å². The molecule has 3 aromatic rings. The van der Waals surface area contributed by atoms with Gasteiger partial charge in [-0.15, -0.1) is 10.2 Å². The molecule has 0 aliphatic heterocycles. The fraction of sp³-hybridized carbons (Fsp3) is 0.214. The van der Waals surface area contributed by atoms with Gasteiger partial charge in [0.2, 0.25) is 0 Å². The number of benzene rings is 1. The topological polar surface area (TPSA) is 66.5 Å². The molecule has 0 bridgehead atoms. The number of rotatable bonds is 5. The van der Waals surface area contributed by atoms with Crippen LogP contribution in [0.3, 0.4) is 0 Å². The van der Waals surface area contributed by atoms with E-state index in [2.05, 4.69) is 44.8 Å². The molecule has 0 spiro atoms. The highest BCUT2D eigenvalue weighted by molar-refractivity contribution is 7.14. The minimum Gasteiger partial charge on any atom is -0.304 e. The van der Waals surface area contributed by atoms with Crippen molar-refractivity contribution in [3.05, 3.63) is 53.3 Å². The van der Waals surface area contributed by atoms with Crippen LogP contribution in [-0.4, -0.2) is 26.9 Å². The van der Waals surface area contributed by atoms with Crippen LogP contribution in [0.5, 0.6) is 0 Å². The molecular formula is C14H15N5S. The van der Waals surface area contributed by atoms with Crippen molar-refractivity contribution in [2.75, 3.05) is 6.54 Å². The molecule has 0 radical (unpaired) electrons. The third-order valence-corrected chi connectivity index (χ3v) is 4.01. The van der Waals surface area contributed by atoms with E-state index in [-0.39, 0.29) is 6.04 Å². The normalized spacial score (nSPS) is 12.4. The maximum Gasteiger partial charge on any atom is 0.151 e. The number of nitrogens with one attached hydrogen (secondary N) is 2. The minimum absolute atomic E-state index is 0.0827. The van der Waals surface area contributed by atoms with E-state index >= 15 is 0 Å². The first kappa shape index (κ1) is 13.0. The lowest BCUT2D eigenvalue weighted by molar-refractivity contribution is 0.621. The molecule has 3 rings (SSSR count). The largest absolute Gasteiger partial charge is 0.304 e. The van der Waals surface area contributed by atoms with E-state index in [4.69, 9.17) is 0 Å². The zero-order valence-electron chi connectivity index (χ0n) is 11.1. The van der Waals surface area contributed by atoms with Gasteiger partial charge in [0.25, 0.3) is 0 Å². The molecule has 0 aliphatic carbocycles. The summed E-state index contributed by atoms with van der Waals surface area (Å²) in [5.41, 5.74) is 2.17. The highest BCUT2D eigenvalue weighted by Gasteiger charge is 2.18. The third-order valence-electron chi connectivity index (χ3n) is 2.97. The summed E-state index contributed by atoms with van der Waals surface area (Å²) in [7, 11) is 0. The number of H-pyrrole nitrogens is 1. The summed E-state index contributed by atoms with van der Waals surface area (Å²) in [6.07, 6.45) is 3.59. The van der Waals surface area contributed by atoms with Crippen LogP contribution < -0.4 is 5.32 Å². The second-order valence-electron chi connectivity index (χ2n) is 4.33. The summed E-state index contributed by atoms with van der Waals surface area (Å²) in [6, 6.07) is 10.4. The first-order valence-electron chi connectivity index (χ1n) is 6.49. The molecule has 0 aliphatic rings. The summed E-state index contributed by atoms with van der Waals surface area (Å²) in [6.45, 7) is 2.97. The summed E-state index contributed by atoms with van der Waals surface area (Å²) in [5.74, 6) is 0. The van der Waals surface area contributed by atoms with Crippen molar-refractivity contribution in [1.82, 2.24) is 25.7 Å². The quantitative estimate of drug-likeness (QED) is 0.756. The van der Waals surface area contributed by atoms with Gasteiger partial charge in [0.15, 0.2) is 5.01 Å². The van der Waals surface area contributed by atoms with Crippen molar-refractivity contribution >= 4 is 11.3 Å². The smallest absolute Gasteiger partial charge is 0.151 e. The molecule has 20 heavy (non-hydrogen) atoms. The first-order chi connectivity index (χ1) is 9.88. The Kier molecular flexibility index (Phi) is 3.85. The van der Waals surface area contributed by atoms with Crippen molar-refractivity contribution in [2.24, 2.45) is 0 Å². The van der Waals surface area contributed by atoms with E-state index in [1.807, 2.05) is 24.4 Å². The Morgan fingerprint density at radius 2 is 2.10 bits per heavy atom. The molecule has 0 fully saturated rings. The Balaban J connectivity index is 1.92. The van der Waals surface area contributed by atoms with Gasteiger partial charge in [0.05, 0.1) is 17.8 Å². The molecule has 1 unspecified atom stereocenters. The van der Waals surface area contributed by atoms with Crippen molar-refractivity contribution in [2.45, 2.75) is 13.0 Å². The van der Waals surface area contributed by atoms with Crippen LogP contribution in [0.1, 0.15) is 23.5 Å². The lowest BCUT2D eigenvalue weighted by atomic mass is 10.1. The van der Waals surface area contributed by atoms with Gasteiger partial charge in [0.1, 0.15) is 5.01 Å². The van der Waals surface area contributed by atoms with Gasteiger partial charge >= 0.3 is 0 Å². The van der Waals surface area contributed by atoms with E-state index in [0.717, 1.165) is 22.1 Å². The maximum absolute atomic E-state index is 4.33. The summed E-state index contributed by atoms with van der Waals surface area (Å²) in [4.78, 5) is 0. The fourth-order valence-corrected chi connectivity index (χ4v) is 2.96. The number of hydrogen-bond donors (Lipinski definition) is 2. The van der Waals surface area contributed by atoms with E-state index in [1.165, 1.54) is 5.56 Å². The van der Waals surface area contributed by atoms with E-state index in [0.29, 0.717) is 0 Å². The SMILES string of the molecule is CCNC(c1ccccc1)c1nnc(-c2cn[nH]c2)s1. The van der Waals surface area contributed by atoms with Gasteiger partial charge in [-0.3, -0.25) is 5.10 Å². The Hall–Kier alpha value is -2.05. The number of aromatic nitrogens is 4. The van der Waals surface area contributed by atoms with Crippen molar-refractivity contribution < 1.29 is 0 Å². The third kappa shape index (κ3) is 2.61. The Bertz CT molecular complexity index is 647. The predicted octanol–water partition coefficient (Wildman–Crippen LogP) is 2.63.